The van der Waals surface area contributed by atoms with Crippen LogP contribution in [0.3, 0.4) is 0 Å². The first-order valence-corrected chi connectivity index (χ1v) is 19.4. The molecule has 1 fully saturated rings. The monoisotopic (exact) mass is 706 g/mol. The average Bonchev–Trinajstić information content (AvgIpc) is 3.41. The van der Waals surface area contributed by atoms with E-state index in [9.17, 15) is 18.9 Å². The molecule has 1 aromatic carbocycles. The highest BCUT2D eigenvalue weighted by atomic mass is 32.1. The minimum atomic E-state index is -3.55. The van der Waals surface area contributed by atoms with Crippen LogP contribution in [0, 0.1) is 0 Å². The SMILES string of the molecule is CCOP1(=O)CCN(Cc2cc(-c3ccccc3)cs2)CC1(CCCCN(C(=O)OC(C)(C)C)C(=O)OC(C)(C)C)C(=O)OC(C)(C)C. The number of hydrogen-bond acceptors (Lipinski definition) is 10. The molecule has 12 heteroatoms. The second-order valence-electron chi connectivity index (χ2n) is 15.3. The van der Waals surface area contributed by atoms with Crippen molar-refractivity contribution in [2.24, 2.45) is 0 Å². The predicted octanol–water partition coefficient (Wildman–Crippen LogP) is 8.97. The molecule has 0 saturated carbocycles. The van der Waals surface area contributed by atoms with Crippen LogP contribution < -0.4 is 0 Å². The number of amides is 2. The van der Waals surface area contributed by atoms with Gasteiger partial charge in [-0.15, -0.1) is 11.3 Å². The number of thiophene rings is 1. The van der Waals surface area contributed by atoms with E-state index in [-0.39, 0.29) is 32.3 Å². The molecule has 48 heavy (non-hydrogen) atoms. The van der Waals surface area contributed by atoms with Crippen LogP contribution in [0.4, 0.5) is 9.59 Å². The highest BCUT2D eigenvalue weighted by Crippen LogP contribution is 2.64. The van der Waals surface area contributed by atoms with Gasteiger partial charge in [0, 0.05) is 37.2 Å². The van der Waals surface area contributed by atoms with E-state index in [2.05, 4.69) is 28.5 Å². The number of nitrogens with zero attached hydrogens (tertiary/aromatic N) is 2. The topological polar surface area (TPSA) is 112 Å². The molecule has 3 rings (SSSR count). The van der Waals surface area contributed by atoms with Gasteiger partial charge in [0.15, 0.2) is 5.16 Å². The lowest BCUT2D eigenvalue weighted by Crippen LogP contribution is -2.56. The number of ether oxygens (including phenoxy) is 3. The summed E-state index contributed by atoms with van der Waals surface area (Å²) in [6.07, 6.45) is -0.545. The molecule has 10 nitrogen and oxygen atoms in total. The van der Waals surface area contributed by atoms with Crippen molar-refractivity contribution < 1.29 is 37.7 Å². The van der Waals surface area contributed by atoms with Crippen molar-refractivity contribution in [2.75, 3.05) is 32.4 Å². The molecule has 2 amide bonds. The molecule has 1 aliphatic rings. The van der Waals surface area contributed by atoms with E-state index in [1.807, 2.05) is 18.2 Å². The summed E-state index contributed by atoms with van der Waals surface area (Å²) in [5.41, 5.74) is -0.192. The Bertz CT molecular complexity index is 1410. The van der Waals surface area contributed by atoms with Crippen LogP contribution in [0.5, 0.6) is 0 Å². The number of carbonyl (C=O) groups excluding carboxylic acids is 3. The number of hydrogen-bond donors (Lipinski definition) is 0. The third-order valence-electron chi connectivity index (χ3n) is 7.55. The molecule has 2 unspecified atom stereocenters. The van der Waals surface area contributed by atoms with Gasteiger partial charge < -0.3 is 18.7 Å². The summed E-state index contributed by atoms with van der Waals surface area (Å²) in [6, 6.07) is 12.3. The second kappa shape index (κ2) is 15.9. The van der Waals surface area contributed by atoms with Gasteiger partial charge in [-0.25, -0.2) is 14.5 Å². The van der Waals surface area contributed by atoms with E-state index >= 15 is 0 Å². The third-order valence-corrected chi connectivity index (χ3v) is 11.8. The maximum atomic E-state index is 14.8. The molecule has 0 N–H and O–H groups in total. The summed E-state index contributed by atoms with van der Waals surface area (Å²) in [6.45, 7) is 19.0. The van der Waals surface area contributed by atoms with Crippen LogP contribution in [0.25, 0.3) is 11.1 Å². The van der Waals surface area contributed by atoms with E-state index in [4.69, 9.17) is 18.7 Å². The van der Waals surface area contributed by atoms with Crippen molar-refractivity contribution in [3.8, 4) is 11.1 Å². The van der Waals surface area contributed by atoms with E-state index in [0.717, 1.165) is 20.9 Å². The van der Waals surface area contributed by atoms with Gasteiger partial charge in [-0.05, 0) is 111 Å². The second-order valence-corrected chi connectivity index (χ2v) is 19.2. The summed E-state index contributed by atoms with van der Waals surface area (Å²) >= 11 is 1.65. The highest BCUT2D eigenvalue weighted by molar-refractivity contribution is 7.62. The van der Waals surface area contributed by atoms with Crippen molar-refractivity contribution in [3.05, 3.63) is 46.7 Å². The Kier molecular flexibility index (Phi) is 13.1. The van der Waals surface area contributed by atoms with Crippen molar-refractivity contribution in [1.29, 1.82) is 0 Å². The van der Waals surface area contributed by atoms with Gasteiger partial charge in [0.2, 0.25) is 7.37 Å². The summed E-state index contributed by atoms with van der Waals surface area (Å²) in [5.74, 6) is -0.552. The van der Waals surface area contributed by atoms with Gasteiger partial charge in [-0.1, -0.05) is 30.3 Å². The number of carbonyl (C=O) groups is 3. The first-order valence-electron chi connectivity index (χ1n) is 16.7. The number of esters is 1. The van der Waals surface area contributed by atoms with Gasteiger partial charge >= 0.3 is 18.2 Å². The largest absolute Gasteiger partial charge is 0.459 e. The molecular formula is C36H55N2O8PS. The summed E-state index contributed by atoms with van der Waals surface area (Å²) in [4.78, 5) is 44.6. The fourth-order valence-corrected chi connectivity index (χ4v) is 9.49. The van der Waals surface area contributed by atoms with Crippen molar-refractivity contribution >= 4 is 36.9 Å². The molecule has 0 bridgehead atoms. The molecule has 1 saturated heterocycles. The number of unbranched alkanes of at least 4 members (excludes halogenated alkanes) is 1. The fourth-order valence-electron chi connectivity index (χ4n) is 5.55. The zero-order valence-electron chi connectivity index (χ0n) is 30.4. The molecular weight excluding hydrogens is 651 g/mol. The normalized spacial score (nSPS) is 20.6. The smallest absolute Gasteiger partial charge is 0.419 e. The lowest BCUT2D eigenvalue weighted by molar-refractivity contribution is -0.160. The maximum absolute atomic E-state index is 14.8. The van der Waals surface area contributed by atoms with Gasteiger partial charge in [0.05, 0.1) is 6.61 Å². The summed E-state index contributed by atoms with van der Waals surface area (Å²) < 4.78 is 37.8. The molecule has 1 aliphatic heterocycles. The Hall–Kier alpha value is -2.72. The maximum Gasteiger partial charge on any atom is 0.419 e. The van der Waals surface area contributed by atoms with Gasteiger partial charge in [0.25, 0.3) is 0 Å². The third kappa shape index (κ3) is 11.2. The molecule has 1 aromatic heterocycles. The molecule has 0 radical (unpaired) electrons. The zero-order chi connectivity index (χ0) is 36.0. The van der Waals surface area contributed by atoms with E-state index in [0.29, 0.717) is 25.9 Å². The molecule has 268 valence electrons. The first-order chi connectivity index (χ1) is 22.2. The summed E-state index contributed by atoms with van der Waals surface area (Å²) in [7, 11) is -3.55. The number of benzene rings is 1. The van der Waals surface area contributed by atoms with Crippen molar-refractivity contribution in [3.63, 3.8) is 0 Å². The van der Waals surface area contributed by atoms with E-state index in [1.165, 1.54) is 0 Å². The predicted molar refractivity (Wildman–Crippen MR) is 191 cm³/mol. The molecule has 2 atom stereocenters. The summed E-state index contributed by atoms with van der Waals surface area (Å²) in [5, 5.41) is 0.693. The molecule has 2 aromatic rings. The standard InChI is InChI=1S/C36H55N2O8PS/c1-11-43-47(42)22-21-37(24-29-23-28(25-48-29)27-17-13-12-14-18-27)26-36(47,30(39)44-33(2,3)4)19-15-16-20-38(31(40)45-34(5,6)7)32(41)46-35(8,9)10/h12-14,17-18,23,25H,11,15-16,19-22,24,26H2,1-10H3. The van der Waals surface area contributed by atoms with Crippen molar-refractivity contribution in [1.82, 2.24) is 9.80 Å². The number of imide groups is 1. The van der Waals surface area contributed by atoms with Crippen molar-refractivity contribution in [2.45, 2.75) is 117 Å². The zero-order valence-corrected chi connectivity index (χ0v) is 32.1. The van der Waals surface area contributed by atoms with Gasteiger partial charge in [-0.2, -0.15) is 0 Å². The van der Waals surface area contributed by atoms with Gasteiger partial charge in [0.1, 0.15) is 16.8 Å². The van der Waals surface area contributed by atoms with Crippen LogP contribution in [0.1, 0.15) is 93.4 Å². The van der Waals surface area contributed by atoms with Crippen LogP contribution in [-0.2, 0) is 34.6 Å². The quantitative estimate of drug-likeness (QED) is 0.0978. The average molecular weight is 707 g/mol. The Morgan fingerprint density at radius 3 is 2.00 bits per heavy atom. The number of rotatable bonds is 11. The first kappa shape index (κ1) is 39.7. The molecule has 0 spiro atoms. The minimum Gasteiger partial charge on any atom is -0.459 e. The van der Waals surface area contributed by atoms with Crippen LogP contribution in [0.15, 0.2) is 41.8 Å². The van der Waals surface area contributed by atoms with Crippen LogP contribution >= 0.6 is 18.7 Å². The Morgan fingerprint density at radius 1 is 0.875 bits per heavy atom. The van der Waals surface area contributed by atoms with Crippen LogP contribution in [-0.4, -0.2) is 82.3 Å². The molecule has 0 aliphatic carbocycles. The van der Waals surface area contributed by atoms with Crippen LogP contribution in [0.2, 0.25) is 0 Å². The Labute approximate surface area is 290 Å². The van der Waals surface area contributed by atoms with Gasteiger partial charge in [-0.3, -0.25) is 14.3 Å². The molecule has 2 heterocycles. The Morgan fingerprint density at radius 2 is 1.46 bits per heavy atom. The fraction of sp³-hybridized carbons (Fsp3) is 0.639. The lowest BCUT2D eigenvalue weighted by Gasteiger charge is -2.46. The minimum absolute atomic E-state index is 0.00562. The van der Waals surface area contributed by atoms with E-state index in [1.54, 1.807) is 80.6 Å². The Balaban J connectivity index is 1.88. The van der Waals surface area contributed by atoms with E-state index < -0.39 is 47.5 Å². The lowest BCUT2D eigenvalue weighted by atomic mass is 9.98. The highest BCUT2D eigenvalue weighted by Gasteiger charge is 2.59.